The molecule has 18 heavy (non-hydrogen) atoms. The van der Waals surface area contributed by atoms with E-state index in [1.54, 1.807) is 0 Å². The van der Waals surface area contributed by atoms with Gasteiger partial charge in [-0.2, -0.15) is 0 Å². The molecule has 98 valence electrons. The van der Waals surface area contributed by atoms with Crippen LogP contribution in [0.5, 0.6) is 0 Å². The third kappa shape index (κ3) is 2.93. The fraction of sp³-hybridized carbons (Fsp3) is 0.625. The van der Waals surface area contributed by atoms with Crippen molar-refractivity contribution in [1.29, 1.82) is 0 Å². The zero-order valence-corrected chi connectivity index (χ0v) is 11.0. The molecule has 1 saturated heterocycles. The molecule has 1 aliphatic carbocycles. The van der Waals surface area contributed by atoms with Crippen LogP contribution in [0.1, 0.15) is 44.1 Å². The van der Waals surface area contributed by atoms with Crippen LogP contribution in [0.15, 0.2) is 30.3 Å². The molecule has 2 aliphatic rings. The molecule has 0 aromatic heterocycles. The lowest BCUT2D eigenvalue weighted by atomic mass is 9.95. The zero-order chi connectivity index (χ0) is 12.4. The van der Waals surface area contributed by atoms with Crippen LogP contribution in [0.25, 0.3) is 0 Å². The number of hydrogen-bond acceptors (Lipinski definition) is 2. The van der Waals surface area contributed by atoms with Gasteiger partial charge in [-0.1, -0.05) is 36.8 Å². The summed E-state index contributed by atoms with van der Waals surface area (Å²) in [7, 11) is 0. The lowest BCUT2D eigenvalue weighted by Gasteiger charge is -2.37. The van der Waals surface area contributed by atoms with E-state index in [1.165, 1.54) is 31.4 Å². The molecule has 1 atom stereocenters. The molecule has 0 radical (unpaired) electrons. The van der Waals surface area contributed by atoms with Crippen molar-refractivity contribution in [1.82, 2.24) is 4.90 Å². The summed E-state index contributed by atoms with van der Waals surface area (Å²) < 4.78 is 0. The SMILES string of the molecule is OC1(CC2CCCCN2Cc2ccccc2)CC1. The predicted octanol–water partition coefficient (Wildman–Crippen LogP) is 2.96. The molecule has 0 spiro atoms. The van der Waals surface area contributed by atoms with E-state index in [-0.39, 0.29) is 5.60 Å². The van der Waals surface area contributed by atoms with Gasteiger partial charge in [-0.15, -0.1) is 0 Å². The minimum Gasteiger partial charge on any atom is -0.390 e. The second-order valence-corrected chi connectivity index (χ2v) is 6.03. The summed E-state index contributed by atoms with van der Waals surface area (Å²) in [4.78, 5) is 2.58. The molecule has 1 N–H and O–H groups in total. The maximum Gasteiger partial charge on any atom is 0.0664 e. The Morgan fingerprint density at radius 3 is 2.67 bits per heavy atom. The maximum absolute atomic E-state index is 10.1. The van der Waals surface area contributed by atoms with E-state index in [4.69, 9.17) is 0 Å². The first-order valence-corrected chi connectivity index (χ1v) is 7.26. The van der Waals surface area contributed by atoms with Gasteiger partial charge in [-0.05, 0) is 44.2 Å². The Balaban J connectivity index is 1.64. The molecule has 2 fully saturated rings. The molecule has 1 aliphatic heterocycles. The number of likely N-dealkylation sites (tertiary alicyclic amines) is 1. The number of piperidine rings is 1. The van der Waals surface area contributed by atoms with Crippen LogP contribution in [0.4, 0.5) is 0 Å². The highest BCUT2D eigenvalue weighted by molar-refractivity contribution is 5.14. The van der Waals surface area contributed by atoms with Crippen LogP contribution in [-0.2, 0) is 6.54 Å². The van der Waals surface area contributed by atoms with Crippen molar-refractivity contribution in [2.45, 2.75) is 56.7 Å². The van der Waals surface area contributed by atoms with E-state index in [0.717, 1.165) is 25.8 Å². The van der Waals surface area contributed by atoms with Crippen LogP contribution in [0.3, 0.4) is 0 Å². The summed E-state index contributed by atoms with van der Waals surface area (Å²) in [6.07, 6.45) is 6.91. The first kappa shape index (κ1) is 12.2. The number of nitrogens with zero attached hydrogens (tertiary/aromatic N) is 1. The summed E-state index contributed by atoms with van der Waals surface area (Å²) in [6.45, 7) is 2.23. The van der Waals surface area contributed by atoms with E-state index in [2.05, 4.69) is 35.2 Å². The largest absolute Gasteiger partial charge is 0.390 e. The summed E-state index contributed by atoms with van der Waals surface area (Å²) in [5, 5.41) is 10.1. The molecule has 1 aromatic rings. The van der Waals surface area contributed by atoms with Crippen LogP contribution in [0, 0.1) is 0 Å². The molecule has 1 saturated carbocycles. The van der Waals surface area contributed by atoms with Crippen molar-refractivity contribution < 1.29 is 5.11 Å². The predicted molar refractivity (Wildman–Crippen MR) is 73.3 cm³/mol. The Labute approximate surface area is 110 Å². The topological polar surface area (TPSA) is 23.5 Å². The molecule has 1 unspecified atom stereocenters. The van der Waals surface area contributed by atoms with Crippen LogP contribution in [-0.4, -0.2) is 28.2 Å². The highest BCUT2D eigenvalue weighted by Gasteiger charge is 2.43. The van der Waals surface area contributed by atoms with Crippen molar-refractivity contribution >= 4 is 0 Å². The Morgan fingerprint density at radius 2 is 1.94 bits per heavy atom. The van der Waals surface area contributed by atoms with Gasteiger partial charge in [0.25, 0.3) is 0 Å². The third-order valence-corrected chi connectivity index (χ3v) is 4.42. The standard InChI is InChI=1S/C16H23NO/c18-16(9-10-16)12-15-8-4-5-11-17(15)13-14-6-2-1-3-7-14/h1-3,6-7,15,18H,4-5,8-13H2. The normalized spacial score (nSPS) is 27.1. The van der Waals surface area contributed by atoms with Gasteiger partial charge in [0.15, 0.2) is 0 Å². The van der Waals surface area contributed by atoms with E-state index in [1.807, 2.05) is 0 Å². The van der Waals surface area contributed by atoms with Crippen LogP contribution in [0.2, 0.25) is 0 Å². The van der Waals surface area contributed by atoms with Gasteiger partial charge in [0.2, 0.25) is 0 Å². The molecule has 2 nitrogen and oxygen atoms in total. The molecule has 3 rings (SSSR count). The second-order valence-electron chi connectivity index (χ2n) is 6.03. The summed E-state index contributed by atoms with van der Waals surface area (Å²) >= 11 is 0. The monoisotopic (exact) mass is 245 g/mol. The van der Waals surface area contributed by atoms with E-state index < -0.39 is 0 Å². The van der Waals surface area contributed by atoms with Crippen molar-refractivity contribution in [3.63, 3.8) is 0 Å². The number of benzene rings is 1. The lowest BCUT2D eigenvalue weighted by molar-refractivity contribution is 0.0604. The first-order valence-electron chi connectivity index (χ1n) is 7.26. The molecule has 0 bridgehead atoms. The summed E-state index contributed by atoms with van der Waals surface area (Å²) in [6, 6.07) is 11.3. The molecule has 0 amide bonds. The maximum atomic E-state index is 10.1. The second kappa shape index (κ2) is 5.02. The van der Waals surface area contributed by atoms with Crippen molar-refractivity contribution in [3.05, 3.63) is 35.9 Å². The quantitative estimate of drug-likeness (QED) is 0.881. The van der Waals surface area contributed by atoms with Crippen LogP contribution >= 0.6 is 0 Å². The molecule has 2 heteroatoms. The van der Waals surface area contributed by atoms with Crippen LogP contribution < -0.4 is 0 Å². The minimum atomic E-state index is -0.309. The van der Waals surface area contributed by atoms with Gasteiger partial charge in [-0.3, -0.25) is 4.90 Å². The van der Waals surface area contributed by atoms with Gasteiger partial charge >= 0.3 is 0 Å². The molecule has 1 heterocycles. The van der Waals surface area contributed by atoms with Gasteiger partial charge in [-0.25, -0.2) is 0 Å². The summed E-state index contributed by atoms with van der Waals surface area (Å²) in [5.41, 5.74) is 1.09. The smallest absolute Gasteiger partial charge is 0.0664 e. The minimum absolute atomic E-state index is 0.309. The highest BCUT2D eigenvalue weighted by atomic mass is 16.3. The number of rotatable bonds is 4. The molecular formula is C16H23NO. The van der Waals surface area contributed by atoms with Gasteiger partial charge in [0.05, 0.1) is 5.60 Å². The number of aliphatic hydroxyl groups is 1. The van der Waals surface area contributed by atoms with E-state index >= 15 is 0 Å². The Morgan fingerprint density at radius 1 is 1.17 bits per heavy atom. The fourth-order valence-electron chi connectivity index (χ4n) is 3.10. The average molecular weight is 245 g/mol. The first-order chi connectivity index (χ1) is 8.75. The summed E-state index contributed by atoms with van der Waals surface area (Å²) in [5.74, 6) is 0. The van der Waals surface area contributed by atoms with Crippen molar-refractivity contribution in [3.8, 4) is 0 Å². The zero-order valence-electron chi connectivity index (χ0n) is 11.0. The van der Waals surface area contributed by atoms with Crippen molar-refractivity contribution in [2.24, 2.45) is 0 Å². The fourth-order valence-corrected chi connectivity index (χ4v) is 3.10. The van der Waals surface area contributed by atoms with Gasteiger partial charge < -0.3 is 5.11 Å². The number of hydrogen-bond donors (Lipinski definition) is 1. The van der Waals surface area contributed by atoms with Gasteiger partial charge in [0.1, 0.15) is 0 Å². The van der Waals surface area contributed by atoms with E-state index in [0.29, 0.717) is 6.04 Å². The lowest BCUT2D eigenvalue weighted by Crippen LogP contribution is -2.41. The highest BCUT2D eigenvalue weighted by Crippen LogP contribution is 2.41. The van der Waals surface area contributed by atoms with E-state index in [9.17, 15) is 5.11 Å². The molecule has 1 aromatic carbocycles. The Hall–Kier alpha value is -0.860. The molecular weight excluding hydrogens is 222 g/mol. The Kier molecular flexibility index (Phi) is 3.40. The van der Waals surface area contributed by atoms with Gasteiger partial charge in [0, 0.05) is 12.6 Å². The third-order valence-electron chi connectivity index (χ3n) is 4.42. The van der Waals surface area contributed by atoms with Crippen molar-refractivity contribution in [2.75, 3.05) is 6.54 Å². The average Bonchev–Trinajstić information content (AvgIpc) is 3.11. The Bertz CT molecular complexity index is 385.